The fraction of sp³-hybridized carbons (Fsp3) is 0.214. The van der Waals surface area contributed by atoms with Crippen LogP contribution in [-0.4, -0.2) is 5.91 Å². The summed E-state index contributed by atoms with van der Waals surface area (Å²) in [6.07, 6.45) is 0.396. The van der Waals surface area contributed by atoms with E-state index in [4.69, 9.17) is 23.2 Å². The van der Waals surface area contributed by atoms with Crippen LogP contribution in [0, 0.1) is 0 Å². The van der Waals surface area contributed by atoms with Crippen LogP contribution >= 0.6 is 34.5 Å². The Morgan fingerprint density at radius 1 is 1.37 bits per heavy atom. The summed E-state index contributed by atoms with van der Waals surface area (Å²) < 4.78 is 0. The quantitative estimate of drug-likeness (QED) is 0.886. The number of halogens is 2. The van der Waals surface area contributed by atoms with Gasteiger partial charge in [0.25, 0.3) is 0 Å². The fourth-order valence-electron chi connectivity index (χ4n) is 1.79. The van der Waals surface area contributed by atoms with Gasteiger partial charge in [0.2, 0.25) is 5.91 Å². The van der Waals surface area contributed by atoms with Crippen molar-refractivity contribution in [2.45, 2.75) is 19.4 Å². The van der Waals surface area contributed by atoms with E-state index in [1.54, 1.807) is 23.5 Å². The minimum absolute atomic E-state index is 0.0130. The van der Waals surface area contributed by atoms with Gasteiger partial charge in [0.05, 0.1) is 12.5 Å². The van der Waals surface area contributed by atoms with Crippen molar-refractivity contribution in [2.24, 2.45) is 0 Å². The van der Waals surface area contributed by atoms with Crippen LogP contribution in [0.2, 0.25) is 10.0 Å². The summed E-state index contributed by atoms with van der Waals surface area (Å²) in [4.78, 5) is 12.9. The maximum absolute atomic E-state index is 11.9. The van der Waals surface area contributed by atoms with Crippen LogP contribution in [0.25, 0.3) is 0 Å². The van der Waals surface area contributed by atoms with Gasteiger partial charge in [-0.2, -0.15) is 0 Å². The van der Waals surface area contributed by atoms with Crippen molar-refractivity contribution in [2.75, 3.05) is 0 Å². The summed E-state index contributed by atoms with van der Waals surface area (Å²) in [5, 5.41) is 6.05. The molecular weight excluding hydrogens is 301 g/mol. The van der Waals surface area contributed by atoms with Crippen LogP contribution in [0.1, 0.15) is 23.4 Å². The fourth-order valence-corrected chi connectivity index (χ4v) is 3.07. The molecule has 0 aliphatic carbocycles. The Kier molecular flexibility index (Phi) is 4.86. The van der Waals surface area contributed by atoms with Gasteiger partial charge in [-0.15, -0.1) is 11.3 Å². The Morgan fingerprint density at radius 2 is 2.16 bits per heavy atom. The molecule has 0 bridgehead atoms. The van der Waals surface area contributed by atoms with E-state index < -0.39 is 0 Å². The van der Waals surface area contributed by atoms with Crippen molar-refractivity contribution >= 4 is 40.4 Å². The molecule has 1 aromatic heterocycles. The van der Waals surface area contributed by atoms with E-state index >= 15 is 0 Å². The molecule has 100 valence electrons. The number of hydrogen-bond donors (Lipinski definition) is 1. The average molecular weight is 314 g/mol. The normalized spacial score (nSPS) is 12.2. The molecule has 0 saturated heterocycles. The predicted octanol–water partition coefficient (Wildman–Crippen LogP) is 4.47. The molecule has 1 heterocycles. The number of nitrogens with one attached hydrogen (secondary N) is 1. The molecule has 0 fully saturated rings. The van der Waals surface area contributed by atoms with Gasteiger partial charge >= 0.3 is 0 Å². The van der Waals surface area contributed by atoms with E-state index in [-0.39, 0.29) is 11.9 Å². The van der Waals surface area contributed by atoms with Gasteiger partial charge in [0.1, 0.15) is 0 Å². The second-order valence-electron chi connectivity index (χ2n) is 4.21. The van der Waals surface area contributed by atoms with Crippen LogP contribution in [0.15, 0.2) is 35.7 Å². The lowest BCUT2D eigenvalue weighted by molar-refractivity contribution is -0.121. The molecule has 2 rings (SSSR count). The molecule has 1 aromatic carbocycles. The Balaban J connectivity index is 2.00. The number of carbonyl (C=O) groups is 1. The van der Waals surface area contributed by atoms with Gasteiger partial charge in [-0.25, -0.2) is 0 Å². The first-order valence-corrected chi connectivity index (χ1v) is 7.46. The zero-order chi connectivity index (χ0) is 13.8. The Labute approximate surface area is 126 Å². The third-order valence-corrected chi connectivity index (χ3v) is 4.16. The number of rotatable bonds is 4. The molecule has 0 radical (unpaired) electrons. The zero-order valence-corrected chi connectivity index (χ0v) is 12.6. The van der Waals surface area contributed by atoms with E-state index in [0.717, 1.165) is 10.4 Å². The SMILES string of the molecule is CC(NC(=O)Cc1cccs1)c1ccc(Cl)cc1Cl. The van der Waals surface area contributed by atoms with Crippen molar-refractivity contribution in [3.05, 3.63) is 56.2 Å². The molecule has 0 aliphatic rings. The van der Waals surface area contributed by atoms with Gasteiger partial charge in [-0.3, -0.25) is 4.79 Å². The molecule has 5 heteroatoms. The van der Waals surface area contributed by atoms with Crippen LogP contribution in [0.5, 0.6) is 0 Å². The maximum Gasteiger partial charge on any atom is 0.225 e. The van der Waals surface area contributed by atoms with Crippen LogP contribution in [-0.2, 0) is 11.2 Å². The monoisotopic (exact) mass is 313 g/mol. The molecule has 0 aliphatic heterocycles. The number of carbonyl (C=O) groups excluding carboxylic acids is 1. The highest BCUT2D eigenvalue weighted by atomic mass is 35.5. The van der Waals surface area contributed by atoms with Gasteiger partial charge in [-0.05, 0) is 36.1 Å². The minimum Gasteiger partial charge on any atom is -0.349 e. The highest BCUT2D eigenvalue weighted by Gasteiger charge is 2.13. The van der Waals surface area contributed by atoms with E-state index in [1.807, 2.05) is 30.5 Å². The first kappa shape index (κ1) is 14.4. The van der Waals surface area contributed by atoms with Crippen molar-refractivity contribution in [3.8, 4) is 0 Å². The Bertz CT molecular complexity index is 569. The second-order valence-corrected chi connectivity index (χ2v) is 6.09. The highest BCUT2D eigenvalue weighted by molar-refractivity contribution is 7.10. The second kappa shape index (κ2) is 6.42. The first-order valence-electron chi connectivity index (χ1n) is 5.83. The number of amides is 1. The molecule has 1 amide bonds. The highest BCUT2D eigenvalue weighted by Crippen LogP contribution is 2.26. The van der Waals surface area contributed by atoms with Gasteiger partial charge in [0, 0.05) is 14.9 Å². The van der Waals surface area contributed by atoms with Gasteiger partial charge < -0.3 is 5.32 Å². The van der Waals surface area contributed by atoms with Crippen molar-refractivity contribution in [1.82, 2.24) is 5.32 Å². The van der Waals surface area contributed by atoms with Crippen LogP contribution in [0.3, 0.4) is 0 Å². The smallest absolute Gasteiger partial charge is 0.225 e. The third-order valence-electron chi connectivity index (χ3n) is 2.72. The number of benzene rings is 1. The van der Waals surface area contributed by atoms with E-state index in [0.29, 0.717) is 16.5 Å². The molecule has 0 spiro atoms. The van der Waals surface area contributed by atoms with Gasteiger partial charge in [-0.1, -0.05) is 35.3 Å². The topological polar surface area (TPSA) is 29.1 Å². The molecule has 1 unspecified atom stereocenters. The standard InChI is InChI=1S/C14H13Cl2NOS/c1-9(12-5-4-10(15)7-13(12)16)17-14(18)8-11-3-2-6-19-11/h2-7,9H,8H2,1H3,(H,17,18). The van der Waals surface area contributed by atoms with Crippen molar-refractivity contribution < 1.29 is 4.79 Å². The number of thiophene rings is 1. The first-order chi connectivity index (χ1) is 9.06. The van der Waals surface area contributed by atoms with Crippen molar-refractivity contribution in [1.29, 1.82) is 0 Å². The molecule has 19 heavy (non-hydrogen) atoms. The predicted molar refractivity (Wildman–Crippen MR) is 81.0 cm³/mol. The zero-order valence-electron chi connectivity index (χ0n) is 10.3. The van der Waals surface area contributed by atoms with Crippen LogP contribution in [0.4, 0.5) is 0 Å². The lowest BCUT2D eigenvalue weighted by Crippen LogP contribution is -2.28. The molecule has 2 aromatic rings. The molecule has 1 atom stereocenters. The summed E-state index contributed by atoms with van der Waals surface area (Å²) in [5.74, 6) is -0.0130. The Morgan fingerprint density at radius 3 is 2.79 bits per heavy atom. The van der Waals surface area contributed by atoms with Crippen LogP contribution < -0.4 is 5.32 Å². The summed E-state index contributed by atoms with van der Waals surface area (Å²) in [7, 11) is 0. The van der Waals surface area contributed by atoms with E-state index in [9.17, 15) is 4.79 Å². The summed E-state index contributed by atoms with van der Waals surface area (Å²) in [6.45, 7) is 1.90. The minimum atomic E-state index is -0.141. The van der Waals surface area contributed by atoms with Gasteiger partial charge in [0.15, 0.2) is 0 Å². The Hall–Kier alpha value is -1.03. The van der Waals surface area contributed by atoms with Crippen molar-refractivity contribution in [3.63, 3.8) is 0 Å². The molecule has 2 nitrogen and oxygen atoms in total. The summed E-state index contributed by atoms with van der Waals surface area (Å²) in [6, 6.07) is 9.03. The molecule has 0 saturated carbocycles. The third kappa shape index (κ3) is 3.96. The summed E-state index contributed by atoms with van der Waals surface area (Å²) in [5.41, 5.74) is 0.866. The average Bonchev–Trinajstić information content (AvgIpc) is 2.81. The summed E-state index contributed by atoms with van der Waals surface area (Å²) >= 11 is 13.5. The maximum atomic E-state index is 11.9. The lowest BCUT2D eigenvalue weighted by Gasteiger charge is -2.15. The van der Waals surface area contributed by atoms with E-state index in [1.165, 1.54) is 0 Å². The largest absolute Gasteiger partial charge is 0.349 e. The lowest BCUT2D eigenvalue weighted by atomic mass is 10.1. The number of hydrogen-bond acceptors (Lipinski definition) is 2. The molecular formula is C14H13Cl2NOS. The molecule has 1 N–H and O–H groups in total. The van der Waals surface area contributed by atoms with E-state index in [2.05, 4.69) is 5.32 Å².